The fourth-order valence-electron chi connectivity index (χ4n) is 4.91. The van der Waals surface area contributed by atoms with Gasteiger partial charge in [0.05, 0.1) is 11.3 Å². The molecule has 1 aliphatic heterocycles. The molecule has 5 heterocycles. The van der Waals surface area contributed by atoms with Crippen molar-refractivity contribution >= 4 is 46.0 Å². The molecule has 1 N–H and O–H groups in total. The normalized spacial score (nSPS) is 15.4. The molecule has 0 radical (unpaired) electrons. The Morgan fingerprint density at radius 3 is 2.69 bits per heavy atom. The van der Waals surface area contributed by atoms with Gasteiger partial charge in [0.2, 0.25) is 16.5 Å². The molecule has 0 aromatic carbocycles. The first-order chi connectivity index (χ1) is 18.9. The molecule has 2 amide bonds. The highest BCUT2D eigenvalue weighted by Crippen LogP contribution is 2.41. The Morgan fingerprint density at radius 1 is 1.23 bits per heavy atom. The van der Waals surface area contributed by atoms with E-state index >= 15 is 0 Å². The standard InChI is InChI=1S/C25H25N9O4S/c1-3-6-34-17(14-4-5-14)8-18(30-34)28-23(36)15-9-32(10-15)19-7-13(2)20-21(35)16(24(37)31-38)11-33(22(20)29-19)25-26-12-27-39-25/h7-8,11-12,14-15H,3-6,9-10H2,1-2H3,(H,28,30,36). The Kier molecular flexibility index (Phi) is 6.25. The van der Waals surface area contributed by atoms with Crippen LogP contribution in [0.15, 0.2) is 34.6 Å². The molecule has 4 aromatic heterocycles. The fraction of sp³-hybridized carbons (Fsp3) is 0.400. The van der Waals surface area contributed by atoms with Crippen LogP contribution >= 0.6 is 11.5 Å². The Labute approximate surface area is 226 Å². The molecule has 0 atom stereocenters. The summed E-state index contributed by atoms with van der Waals surface area (Å²) in [6, 6.07) is 3.72. The number of aryl methyl sites for hydroxylation is 2. The van der Waals surface area contributed by atoms with Crippen molar-refractivity contribution in [2.75, 3.05) is 23.3 Å². The second-order valence-electron chi connectivity index (χ2n) is 9.90. The molecule has 6 rings (SSSR count). The molecule has 2 aliphatic rings. The van der Waals surface area contributed by atoms with E-state index in [9.17, 15) is 19.3 Å². The Bertz CT molecular complexity index is 1670. The number of anilines is 2. The molecule has 0 bridgehead atoms. The van der Waals surface area contributed by atoms with E-state index in [1.807, 2.05) is 15.6 Å². The van der Waals surface area contributed by atoms with Gasteiger partial charge in [-0.15, -0.1) is 4.91 Å². The van der Waals surface area contributed by atoms with Crippen molar-refractivity contribution in [3.8, 4) is 5.13 Å². The lowest BCUT2D eigenvalue weighted by Gasteiger charge is -2.39. The van der Waals surface area contributed by atoms with Crippen LogP contribution in [0.3, 0.4) is 0 Å². The molecule has 0 unspecified atom stereocenters. The summed E-state index contributed by atoms with van der Waals surface area (Å²) in [6.07, 6.45) is 5.87. The first-order valence-corrected chi connectivity index (χ1v) is 13.5. The maximum atomic E-state index is 13.1. The van der Waals surface area contributed by atoms with Crippen LogP contribution in [0.1, 0.15) is 53.7 Å². The number of nitroso groups, excluding NO2 is 1. The van der Waals surface area contributed by atoms with E-state index in [0.717, 1.165) is 37.3 Å². The predicted octanol–water partition coefficient (Wildman–Crippen LogP) is 3.01. The zero-order valence-corrected chi connectivity index (χ0v) is 22.1. The summed E-state index contributed by atoms with van der Waals surface area (Å²) < 4.78 is 7.47. The number of hydrogen-bond donors (Lipinski definition) is 1. The lowest BCUT2D eigenvalue weighted by Crippen LogP contribution is -2.52. The molecular formula is C25H25N9O4S. The number of carbonyl (C=O) groups is 2. The number of hydrogen-bond acceptors (Lipinski definition) is 10. The summed E-state index contributed by atoms with van der Waals surface area (Å²) in [5.41, 5.74) is 1.04. The van der Waals surface area contributed by atoms with Gasteiger partial charge in [0, 0.05) is 60.2 Å². The molecule has 200 valence electrons. The van der Waals surface area contributed by atoms with Gasteiger partial charge < -0.3 is 10.2 Å². The summed E-state index contributed by atoms with van der Waals surface area (Å²) >= 11 is 1.05. The second kappa shape index (κ2) is 9.76. The van der Waals surface area contributed by atoms with Gasteiger partial charge in [-0.05, 0) is 37.8 Å². The van der Waals surface area contributed by atoms with Crippen molar-refractivity contribution in [1.29, 1.82) is 0 Å². The average molecular weight is 548 g/mol. The van der Waals surface area contributed by atoms with Crippen LogP contribution in [0.5, 0.6) is 0 Å². The monoisotopic (exact) mass is 547 g/mol. The SMILES string of the molecule is CCCn1nc(NC(=O)C2CN(c3cc(C)c4c(=O)c(C(=O)N=O)cn(-c5ncns5)c4n3)C2)cc1C1CC1. The highest BCUT2D eigenvalue weighted by Gasteiger charge is 2.35. The van der Waals surface area contributed by atoms with Gasteiger partial charge in [-0.2, -0.15) is 9.47 Å². The van der Waals surface area contributed by atoms with Gasteiger partial charge in [-0.3, -0.25) is 23.6 Å². The molecule has 0 spiro atoms. The van der Waals surface area contributed by atoms with Crippen molar-refractivity contribution in [3.05, 3.63) is 56.6 Å². The third-order valence-electron chi connectivity index (χ3n) is 7.08. The van der Waals surface area contributed by atoms with E-state index in [0.29, 0.717) is 41.3 Å². The highest BCUT2D eigenvalue weighted by atomic mass is 32.1. The van der Waals surface area contributed by atoms with E-state index in [1.54, 1.807) is 13.0 Å². The van der Waals surface area contributed by atoms with Gasteiger partial charge in [-0.25, -0.2) is 9.97 Å². The molecule has 14 heteroatoms. The van der Waals surface area contributed by atoms with Crippen LogP contribution in [0.25, 0.3) is 16.2 Å². The minimum Gasteiger partial charge on any atom is -0.355 e. The van der Waals surface area contributed by atoms with Crippen LogP contribution < -0.4 is 15.6 Å². The van der Waals surface area contributed by atoms with E-state index in [4.69, 9.17) is 4.98 Å². The topological polar surface area (TPSA) is 157 Å². The smallest absolute Gasteiger partial charge is 0.322 e. The maximum Gasteiger partial charge on any atom is 0.322 e. The van der Waals surface area contributed by atoms with Crippen LogP contribution in [0, 0.1) is 17.7 Å². The van der Waals surface area contributed by atoms with Gasteiger partial charge >= 0.3 is 5.91 Å². The van der Waals surface area contributed by atoms with Crippen LogP contribution in [0.4, 0.5) is 11.6 Å². The number of carbonyl (C=O) groups excluding carboxylic acids is 2. The van der Waals surface area contributed by atoms with E-state index in [2.05, 4.69) is 31.9 Å². The number of pyridine rings is 2. The molecule has 39 heavy (non-hydrogen) atoms. The zero-order chi connectivity index (χ0) is 27.3. The van der Waals surface area contributed by atoms with Gasteiger partial charge in [0.25, 0.3) is 0 Å². The summed E-state index contributed by atoms with van der Waals surface area (Å²) in [4.78, 5) is 59.8. The molecule has 4 aromatic rings. The molecule has 1 saturated heterocycles. The van der Waals surface area contributed by atoms with E-state index in [-0.39, 0.29) is 28.4 Å². The third kappa shape index (κ3) is 4.50. The van der Waals surface area contributed by atoms with Crippen LogP contribution in [0.2, 0.25) is 0 Å². The number of rotatable bonds is 8. The molecule has 1 saturated carbocycles. The highest BCUT2D eigenvalue weighted by molar-refractivity contribution is 7.08. The van der Waals surface area contributed by atoms with Crippen molar-refractivity contribution in [2.24, 2.45) is 11.1 Å². The summed E-state index contributed by atoms with van der Waals surface area (Å²) in [6.45, 7) is 5.56. The Balaban J connectivity index is 1.25. The fourth-order valence-corrected chi connectivity index (χ4v) is 5.42. The van der Waals surface area contributed by atoms with Crippen molar-refractivity contribution in [2.45, 2.75) is 45.6 Å². The summed E-state index contributed by atoms with van der Waals surface area (Å²) in [5, 5.41) is 10.6. The van der Waals surface area contributed by atoms with Crippen molar-refractivity contribution in [1.82, 2.24) is 28.7 Å². The predicted molar refractivity (Wildman–Crippen MR) is 144 cm³/mol. The Hall–Kier alpha value is -4.33. The number of fused-ring (bicyclic) bond motifs is 1. The molecule has 1 aliphatic carbocycles. The lowest BCUT2D eigenvalue weighted by molar-refractivity contribution is -0.120. The van der Waals surface area contributed by atoms with Gasteiger partial charge in [0.1, 0.15) is 17.7 Å². The molecular weight excluding hydrogens is 522 g/mol. The zero-order valence-electron chi connectivity index (χ0n) is 21.3. The average Bonchev–Trinajstić information content (AvgIpc) is 3.43. The number of nitrogens with zero attached hydrogens (tertiary/aromatic N) is 8. The van der Waals surface area contributed by atoms with Gasteiger partial charge in [0.15, 0.2) is 11.5 Å². The first kappa shape index (κ1) is 25.0. The second-order valence-corrected chi connectivity index (χ2v) is 10.7. The van der Waals surface area contributed by atoms with Crippen molar-refractivity contribution in [3.63, 3.8) is 0 Å². The van der Waals surface area contributed by atoms with E-state index < -0.39 is 11.3 Å². The molecule has 2 fully saturated rings. The van der Waals surface area contributed by atoms with Crippen LogP contribution in [-0.2, 0) is 11.3 Å². The maximum absolute atomic E-state index is 13.1. The first-order valence-electron chi connectivity index (χ1n) is 12.7. The summed E-state index contributed by atoms with van der Waals surface area (Å²) in [5.74, 6) is 0.207. The van der Waals surface area contributed by atoms with E-state index in [1.165, 1.54) is 22.8 Å². The minimum atomic E-state index is -1.16. The molecule has 13 nitrogen and oxygen atoms in total. The summed E-state index contributed by atoms with van der Waals surface area (Å²) in [7, 11) is 0. The third-order valence-corrected chi connectivity index (χ3v) is 7.75. The number of amides is 2. The van der Waals surface area contributed by atoms with Gasteiger partial charge in [-0.1, -0.05) is 6.92 Å². The number of aromatic nitrogens is 6. The van der Waals surface area contributed by atoms with Crippen molar-refractivity contribution < 1.29 is 9.59 Å². The minimum absolute atomic E-state index is 0.0949. The number of nitrogens with one attached hydrogen (secondary N) is 1. The van der Waals surface area contributed by atoms with Crippen LogP contribution in [-0.4, -0.2) is 53.6 Å². The quantitative estimate of drug-likeness (QED) is 0.327. The Morgan fingerprint density at radius 2 is 2.03 bits per heavy atom. The largest absolute Gasteiger partial charge is 0.355 e. The lowest BCUT2D eigenvalue weighted by atomic mass is 9.98.